The number of nitrogens with one attached hydrogen (secondary N) is 1. The van der Waals surface area contributed by atoms with Crippen LogP contribution in [0.2, 0.25) is 0 Å². The van der Waals surface area contributed by atoms with Gasteiger partial charge in [-0.25, -0.2) is 14.4 Å². The molecule has 7 nitrogen and oxygen atoms in total. The predicted molar refractivity (Wildman–Crippen MR) is 102 cm³/mol. The summed E-state index contributed by atoms with van der Waals surface area (Å²) in [6.45, 7) is 2.09. The number of likely N-dealkylation sites (tertiary alicyclic amines) is 1. The van der Waals surface area contributed by atoms with Gasteiger partial charge in [0.15, 0.2) is 17.5 Å². The molecule has 4 heterocycles. The lowest BCUT2D eigenvalue weighted by Crippen LogP contribution is -2.35. The Morgan fingerprint density at radius 2 is 2.07 bits per heavy atom. The van der Waals surface area contributed by atoms with E-state index in [1.54, 1.807) is 6.20 Å². The summed E-state index contributed by atoms with van der Waals surface area (Å²) >= 11 is 1.13. The van der Waals surface area contributed by atoms with Gasteiger partial charge in [0.2, 0.25) is 5.13 Å². The zero-order chi connectivity index (χ0) is 18.6. The van der Waals surface area contributed by atoms with Crippen molar-refractivity contribution in [3.63, 3.8) is 0 Å². The highest BCUT2D eigenvalue weighted by atomic mass is 32.1. The van der Waals surface area contributed by atoms with Crippen LogP contribution in [-0.2, 0) is 0 Å². The summed E-state index contributed by atoms with van der Waals surface area (Å²) in [4.78, 5) is 15.0. The number of anilines is 2. The number of pyridine rings is 2. The Bertz CT molecular complexity index is 895. The van der Waals surface area contributed by atoms with Gasteiger partial charge in [0.1, 0.15) is 17.5 Å². The lowest BCUT2D eigenvalue weighted by atomic mass is 10.1. The number of nitrogens with zero attached hydrogens (tertiary/aromatic N) is 5. The molecule has 0 amide bonds. The molecule has 27 heavy (non-hydrogen) atoms. The van der Waals surface area contributed by atoms with Crippen LogP contribution in [0.15, 0.2) is 36.7 Å². The molecule has 0 aliphatic carbocycles. The highest BCUT2D eigenvalue weighted by Crippen LogP contribution is 2.25. The van der Waals surface area contributed by atoms with Crippen LogP contribution >= 0.6 is 11.5 Å². The van der Waals surface area contributed by atoms with Crippen molar-refractivity contribution in [3.8, 4) is 17.3 Å². The van der Waals surface area contributed by atoms with E-state index in [0.717, 1.165) is 43.2 Å². The normalized spacial score (nSPS) is 15.6. The average Bonchev–Trinajstić information content (AvgIpc) is 3.15. The Labute approximate surface area is 160 Å². The second-order valence-corrected chi connectivity index (χ2v) is 7.13. The smallest absolute Gasteiger partial charge is 0.208 e. The summed E-state index contributed by atoms with van der Waals surface area (Å²) in [5.41, 5.74) is 0.636. The van der Waals surface area contributed by atoms with E-state index in [9.17, 15) is 4.39 Å². The fourth-order valence-corrected chi connectivity index (χ4v) is 3.41. The third-order valence-corrected chi connectivity index (χ3v) is 4.97. The number of aromatic nitrogens is 4. The van der Waals surface area contributed by atoms with E-state index in [4.69, 9.17) is 4.74 Å². The Hall–Kier alpha value is -2.65. The van der Waals surface area contributed by atoms with Crippen LogP contribution in [-0.4, -0.2) is 50.5 Å². The van der Waals surface area contributed by atoms with Crippen LogP contribution in [0, 0.1) is 5.82 Å². The maximum absolute atomic E-state index is 13.7. The fourth-order valence-electron chi connectivity index (χ4n) is 2.83. The number of halogens is 1. The Balaban J connectivity index is 1.40. The fraction of sp³-hybridized carbons (Fsp3) is 0.333. The molecular formula is C18H19FN6OS. The molecule has 0 bridgehead atoms. The van der Waals surface area contributed by atoms with Gasteiger partial charge in [-0.2, -0.15) is 9.36 Å². The van der Waals surface area contributed by atoms with Crippen LogP contribution in [0.25, 0.3) is 11.5 Å². The number of hydrogen-bond donors (Lipinski definition) is 1. The van der Waals surface area contributed by atoms with Crippen LogP contribution in [0.5, 0.6) is 5.75 Å². The van der Waals surface area contributed by atoms with Gasteiger partial charge in [0, 0.05) is 30.8 Å². The second-order valence-electron chi connectivity index (χ2n) is 6.38. The van der Waals surface area contributed by atoms with E-state index in [2.05, 4.69) is 36.6 Å². The van der Waals surface area contributed by atoms with E-state index >= 15 is 0 Å². The lowest BCUT2D eigenvalue weighted by molar-refractivity contribution is 0.114. The van der Waals surface area contributed by atoms with Gasteiger partial charge < -0.3 is 15.0 Å². The van der Waals surface area contributed by atoms with Crippen molar-refractivity contribution in [2.24, 2.45) is 0 Å². The molecule has 0 radical (unpaired) electrons. The Morgan fingerprint density at radius 1 is 1.22 bits per heavy atom. The molecule has 0 atom stereocenters. The second kappa shape index (κ2) is 7.93. The monoisotopic (exact) mass is 386 g/mol. The van der Waals surface area contributed by atoms with E-state index in [1.807, 2.05) is 12.1 Å². The zero-order valence-electron chi connectivity index (χ0n) is 14.8. The molecule has 0 spiro atoms. The summed E-state index contributed by atoms with van der Waals surface area (Å²) in [6.07, 6.45) is 5.48. The van der Waals surface area contributed by atoms with E-state index in [0.29, 0.717) is 16.6 Å². The highest BCUT2D eigenvalue weighted by molar-refractivity contribution is 7.09. The first-order chi connectivity index (χ1) is 13.2. The summed E-state index contributed by atoms with van der Waals surface area (Å²) < 4.78 is 23.9. The number of ether oxygens (including phenoxy) is 1. The highest BCUT2D eigenvalue weighted by Gasteiger charge is 2.18. The van der Waals surface area contributed by atoms with Crippen LogP contribution < -0.4 is 10.1 Å². The molecular weight excluding hydrogens is 367 g/mol. The first-order valence-electron chi connectivity index (χ1n) is 8.70. The lowest BCUT2D eigenvalue weighted by Gasteiger charge is -2.29. The maximum Gasteiger partial charge on any atom is 0.208 e. The van der Waals surface area contributed by atoms with Crippen molar-refractivity contribution in [1.29, 1.82) is 0 Å². The van der Waals surface area contributed by atoms with Crippen molar-refractivity contribution in [1.82, 2.24) is 24.2 Å². The van der Waals surface area contributed by atoms with Gasteiger partial charge in [-0.05, 0) is 44.2 Å². The molecule has 9 heteroatoms. The van der Waals surface area contributed by atoms with Gasteiger partial charge in [0.05, 0.1) is 6.20 Å². The predicted octanol–water partition coefficient (Wildman–Crippen LogP) is 3.35. The van der Waals surface area contributed by atoms with Gasteiger partial charge in [-0.3, -0.25) is 0 Å². The molecule has 1 fully saturated rings. The van der Waals surface area contributed by atoms with Crippen molar-refractivity contribution in [3.05, 3.63) is 42.5 Å². The Kier molecular flexibility index (Phi) is 5.21. The van der Waals surface area contributed by atoms with Crippen LogP contribution in [0.1, 0.15) is 12.8 Å². The molecule has 0 saturated carbocycles. The van der Waals surface area contributed by atoms with Crippen LogP contribution in [0.3, 0.4) is 0 Å². The molecule has 3 aromatic heterocycles. The van der Waals surface area contributed by atoms with Crippen molar-refractivity contribution < 1.29 is 9.13 Å². The molecule has 0 unspecified atom stereocenters. The molecule has 0 aromatic carbocycles. The summed E-state index contributed by atoms with van der Waals surface area (Å²) in [5.74, 6) is 0.903. The molecule has 1 aliphatic heterocycles. The van der Waals surface area contributed by atoms with E-state index in [1.165, 1.54) is 18.3 Å². The zero-order valence-corrected chi connectivity index (χ0v) is 15.6. The summed E-state index contributed by atoms with van der Waals surface area (Å²) in [7, 11) is 2.12. The average molecular weight is 386 g/mol. The first kappa shape index (κ1) is 17.7. The minimum absolute atomic E-state index is 0.120. The molecule has 1 saturated heterocycles. The van der Waals surface area contributed by atoms with Gasteiger partial charge >= 0.3 is 0 Å². The van der Waals surface area contributed by atoms with Crippen LogP contribution in [0.4, 0.5) is 15.3 Å². The van der Waals surface area contributed by atoms with E-state index < -0.39 is 5.82 Å². The van der Waals surface area contributed by atoms with Gasteiger partial charge in [-0.15, -0.1) is 0 Å². The number of piperidine rings is 1. The van der Waals surface area contributed by atoms with Crippen molar-refractivity contribution in [2.45, 2.75) is 18.9 Å². The third-order valence-electron chi connectivity index (χ3n) is 4.34. The number of rotatable bonds is 5. The summed E-state index contributed by atoms with van der Waals surface area (Å²) in [6, 6.07) is 6.58. The Morgan fingerprint density at radius 3 is 2.81 bits per heavy atom. The minimum Gasteiger partial charge on any atom is -0.489 e. The molecule has 3 aromatic rings. The number of hydrogen-bond acceptors (Lipinski definition) is 8. The quantitative estimate of drug-likeness (QED) is 0.721. The maximum atomic E-state index is 13.7. The third kappa shape index (κ3) is 4.37. The standard InChI is InChI=1S/C18H19FN6OS/c1-25-9-6-12(7-10-25)26-13-4-5-15(21-11-13)17-23-18(27-24-17)22-16-14(19)3-2-8-20-16/h2-5,8,11-12H,6-7,9-10H2,1H3,(H,20,22,23,24). The van der Waals surface area contributed by atoms with Gasteiger partial charge in [-0.1, -0.05) is 0 Å². The largest absolute Gasteiger partial charge is 0.489 e. The van der Waals surface area contributed by atoms with E-state index in [-0.39, 0.29) is 11.9 Å². The SMILES string of the molecule is CN1CCC(Oc2ccc(-c3nsc(Nc4ncccc4F)n3)nc2)CC1. The molecule has 4 rings (SSSR count). The topological polar surface area (TPSA) is 76.1 Å². The van der Waals surface area contributed by atoms with Crippen molar-refractivity contribution in [2.75, 3.05) is 25.5 Å². The molecule has 1 aliphatic rings. The summed E-state index contributed by atoms with van der Waals surface area (Å²) in [5, 5.41) is 3.29. The first-order valence-corrected chi connectivity index (χ1v) is 9.47. The molecule has 1 N–H and O–H groups in total. The van der Waals surface area contributed by atoms with Crippen molar-refractivity contribution >= 4 is 22.5 Å². The molecule has 140 valence electrons. The van der Waals surface area contributed by atoms with Gasteiger partial charge in [0.25, 0.3) is 0 Å². The minimum atomic E-state index is -0.442.